The summed E-state index contributed by atoms with van der Waals surface area (Å²) in [6, 6.07) is 1.86. The van der Waals surface area contributed by atoms with Crippen LogP contribution in [0.3, 0.4) is 0 Å². The molecule has 3 heteroatoms. The topological polar surface area (TPSA) is 27.1 Å². The average Bonchev–Trinajstić information content (AvgIpc) is 2.46. The molecule has 1 aromatic heterocycles. The quantitative estimate of drug-likeness (QED) is 0.626. The van der Waals surface area contributed by atoms with Gasteiger partial charge in [-0.2, -0.15) is 5.10 Å². The lowest BCUT2D eigenvalue weighted by molar-refractivity contribution is 0.120. The van der Waals surface area contributed by atoms with Crippen LogP contribution in [-0.4, -0.2) is 16.9 Å². The molecule has 0 bridgehead atoms. The number of rotatable bonds is 2. The van der Waals surface area contributed by atoms with Crippen molar-refractivity contribution in [3.05, 3.63) is 18.5 Å². The van der Waals surface area contributed by atoms with E-state index in [2.05, 4.69) is 5.10 Å². The van der Waals surface area contributed by atoms with Gasteiger partial charge in [-0.15, -0.1) is 0 Å². The van der Waals surface area contributed by atoms with Crippen molar-refractivity contribution in [2.75, 3.05) is 7.11 Å². The van der Waals surface area contributed by atoms with E-state index < -0.39 is 0 Å². The standard InChI is InChI=1S/C5H8N2O.C2H6/c1-8-5-7-4-2-3-6-7;1-2/h2-4H,5H2,1H3;1-2H3. The SMILES string of the molecule is CC.COCn1cccn1. The highest BCUT2D eigenvalue weighted by molar-refractivity contribution is 4.76. The molecule has 1 heterocycles. The first-order valence-corrected chi connectivity index (χ1v) is 3.40. The molecular formula is C7H14N2O. The second kappa shape index (κ2) is 6.29. The van der Waals surface area contributed by atoms with E-state index in [0.29, 0.717) is 6.73 Å². The molecule has 0 amide bonds. The van der Waals surface area contributed by atoms with Gasteiger partial charge in [-0.3, -0.25) is 0 Å². The first kappa shape index (κ1) is 9.17. The fraction of sp³-hybridized carbons (Fsp3) is 0.571. The Balaban J connectivity index is 0.000000371. The molecule has 1 aromatic rings. The fourth-order valence-corrected chi connectivity index (χ4v) is 0.509. The molecule has 0 aliphatic carbocycles. The van der Waals surface area contributed by atoms with Gasteiger partial charge in [-0.25, -0.2) is 4.68 Å². The molecule has 0 saturated heterocycles. The third kappa shape index (κ3) is 3.25. The van der Waals surface area contributed by atoms with Crippen LogP contribution < -0.4 is 0 Å². The minimum atomic E-state index is 0.535. The first-order chi connectivity index (χ1) is 4.93. The van der Waals surface area contributed by atoms with Crippen LogP contribution >= 0.6 is 0 Å². The summed E-state index contributed by atoms with van der Waals surface area (Å²) in [5, 5.41) is 3.90. The van der Waals surface area contributed by atoms with Gasteiger partial charge in [0.1, 0.15) is 6.73 Å². The van der Waals surface area contributed by atoms with Crippen molar-refractivity contribution in [1.82, 2.24) is 9.78 Å². The highest BCUT2D eigenvalue weighted by atomic mass is 16.5. The Labute approximate surface area is 61.6 Å². The Bertz CT molecular complexity index is 137. The maximum atomic E-state index is 4.79. The van der Waals surface area contributed by atoms with Crippen LogP contribution in [0.4, 0.5) is 0 Å². The molecule has 0 atom stereocenters. The molecule has 0 unspecified atom stereocenters. The fourth-order valence-electron chi connectivity index (χ4n) is 0.509. The largest absolute Gasteiger partial charge is 0.362 e. The second-order valence-corrected chi connectivity index (χ2v) is 1.46. The average molecular weight is 142 g/mol. The van der Waals surface area contributed by atoms with E-state index in [1.54, 1.807) is 18.0 Å². The summed E-state index contributed by atoms with van der Waals surface area (Å²) in [7, 11) is 1.64. The van der Waals surface area contributed by atoms with Crippen LogP contribution in [0.2, 0.25) is 0 Å². The van der Waals surface area contributed by atoms with Crippen LogP contribution in [0.5, 0.6) is 0 Å². The van der Waals surface area contributed by atoms with Gasteiger partial charge in [-0.05, 0) is 6.07 Å². The van der Waals surface area contributed by atoms with Gasteiger partial charge < -0.3 is 4.74 Å². The summed E-state index contributed by atoms with van der Waals surface area (Å²) in [5.74, 6) is 0. The predicted molar refractivity (Wildman–Crippen MR) is 40.6 cm³/mol. The maximum absolute atomic E-state index is 4.79. The number of nitrogens with zero attached hydrogens (tertiary/aromatic N) is 2. The number of ether oxygens (including phenoxy) is 1. The van der Waals surface area contributed by atoms with Gasteiger partial charge in [-0.1, -0.05) is 13.8 Å². The highest BCUT2D eigenvalue weighted by Crippen LogP contribution is 1.82. The van der Waals surface area contributed by atoms with Gasteiger partial charge in [0.15, 0.2) is 0 Å². The van der Waals surface area contributed by atoms with Crippen molar-refractivity contribution in [2.45, 2.75) is 20.6 Å². The lowest BCUT2D eigenvalue weighted by Gasteiger charge is -1.94. The third-order valence-electron chi connectivity index (χ3n) is 0.821. The molecule has 0 fully saturated rings. The highest BCUT2D eigenvalue weighted by Gasteiger charge is 1.82. The Kier molecular flexibility index (Phi) is 5.77. The number of methoxy groups -OCH3 is 1. The monoisotopic (exact) mass is 142 g/mol. The lowest BCUT2D eigenvalue weighted by atomic mass is 10.8. The van der Waals surface area contributed by atoms with Crippen LogP contribution in [-0.2, 0) is 11.5 Å². The molecule has 0 saturated carbocycles. The van der Waals surface area contributed by atoms with E-state index in [0.717, 1.165) is 0 Å². The molecule has 0 N–H and O–H groups in total. The normalized spacial score (nSPS) is 8.30. The zero-order valence-electron chi connectivity index (χ0n) is 6.74. The van der Waals surface area contributed by atoms with Crippen molar-refractivity contribution >= 4 is 0 Å². The number of aromatic nitrogens is 2. The van der Waals surface area contributed by atoms with Gasteiger partial charge >= 0.3 is 0 Å². The third-order valence-corrected chi connectivity index (χ3v) is 0.821. The molecule has 58 valence electrons. The zero-order chi connectivity index (χ0) is 7.82. The Morgan fingerprint density at radius 1 is 1.50 bits per heavy atom. The summed E-state index contributed by atoms with van der Waals surface area (Å²) in [4.78, 5) is 0. The maximum Gasteiger partial charge on any atom is 0.138 e. The van der Waals surface area contributed by atoms with Crippen molar-refractivity contribution < 1.29 is 4.74 Å². The van der Waals surface area contributed by atoms with Crippen LogP contribution in [0.1, 0.15) is 13.8 Å². The van der Waals surface area contributed by atoms with Crippen molar-refractivity contribution in [2.24, 2.45) is 0 Å². The summed E-state index contributed by atoms with van der Waals surface area (Å²) in [6.45, 7) is 4.53. The van der Waals surface area contributed by atoms with Gasteiger partial charge in [0.25, 0.3) is 0 Å². The molecule has 10 heavy (non-hydrogen) atoms. The van der Waals surface area contributed by atoms with E-state index in [1.807, 2.05) is 26.1 Å². The summed E-state index contributed by atoms with van der Waals surface area (Å²) < 4.78 is 6.50. The van der Waals surface area contributed by atoms with Crippen LogP contribution in [0.15, 0.2) is 18.5 Å². The minimum absolute atomic E-state index is 0.535. The van der Waals surface area contributed by atoms with Crippen molar-refractivity contribution in [3.63, 3.8) is 0 Å². The van der Waals surface area contributed by atoms with Crippen LogP contribution in [0.25, 0.3) is 0 Å². The Morgan fingerprint density at radius 2 is 2.20 bits per heavy atom. The molecule has 3 nitrogen and oxygen atoms in total. The van der Waals surface area contributed by atoms with E-state index in [1.165, 1.54) is 0 Å². The number of hydrogen-bond acceptors (Lipinski definition) is 2. The summed E-state index contributed by atoms with van der Waals surface area (Å²) in [6.07, 6.45) is 3.57. The van der Waals surface area contributed by atoms with E-state index in [4.69, 9.17) is 4.74 Å². The molecular weight excluding hydrogens is 128 g/mol. The van der Waals surface area contributed by atoms with Gasteiger partial charge in [0.2, 0.25) is 0 Å². The summed E-state index contributed by atoms with van der Waals surface area (Å²) >= 11 is 0. The lowest BCUT2D eigenvalue weighted by Crippen LogP contribution is -1.98. The second-order valence-electron chi connectivity index (χ2n) is 1.46. The molecule has 0 aromatic carbocycles. The molecule has 1 rings (SSSR count). The Morgan fingerprint density at radius 3 is 2.60 bits per heavy atom. The van der Waals surface area contributed by atoms with Gasteiger partial charge in [0, 0.05) is 19.5 Å². The molecule has 0 radical (unpaired) electrons. The Hall–Kier alpha value is -0.830. The van der Waals surface area contributed by atoms with E-state index in [9.17, 15) is 0 Å². The minimum Gasteiger partial charge on any atom is -0.362 e. The van der Waals surface area contributed by atoms with Crippen molar-refractivity contribution in [1.29, 1.82) is 0 Å². The molecule has 0 aliphatic rings. The smallest absolute Gasteiger partial charge is 0.138 e. The van der Waals surface area contributed by atoms with Gasteiger partial charge in [0.05, 0.1) is 0 Å². The zero-order valence-corrected chi connectivity index (χ0v) is 6.74. The predicted octanol–water partition coefficient (Wildman–Crippen LogP) is 1.51. The first-order valence-electron chi connectivity index (χ1n) is 3.40. The number of hydrogen-bond donors (Lipinski definition) is 0. The molecule has 0 spiro atoms. The van der Waals surface area contributed by atoms with E-state index >= 15 is 0 Å². The van der Waals surface area contributed by atoms with E-state index in [-0.39, 0.29) is 0 Å². The van der Waals surface area contributed by atoms with Crippen molar-refractivity contribution in [3.8, 4) is 0 Å². The summed E-state index contributed by atoms with van der Waals surface area (Å²) in [5.41, 5.74) is 0. The molecule has 0 aliphatic heterocycles. The van der Waals surface area contributed by atoms with Crippen LogP contribution in [0, 0.1) is 0 Å².